The maximum atomic E-state index is 12.3. The predicted molar refractivity (Wildman–Crippen MR) is 89.2 cm³/mol. The van der Waals surface area contributed by atoms with Crippen molar-refractivity contribution in [2.24, 2.45) is 17.1 Å². The molecule has 2 rings (SSSR count). The molecule has 23 heavy (non-hydrogen) atoms. The van der Waals surface area contributed by atoms with Gasteiger partial charge >= 0.3 is 0 Å². The molecule has 126 valence electrons. The molecule has 3 N–H and O–H groups in total. The van der Waals surface area contributed by atoms with E-state index in [9.17, 15) is 9.59 Å². The second-order valence-electron chi connectivity index (χ2n) is 7.21. The summed E-state index contributed by atoms with van der Waals surface area (Å²) >= 11 is 0. The van der Waals surface area contributed by atoms with E-state index in [1.165, 1.54) is 0 Å². The lowest BCUT2D eigenvalue weighted by Crippen LogP contribution is -2.45. The third kappa shape index (κ3) is 4.55. The predicted octanol–water partition coefficient (Wildman–Crippen LogP) is 2.36. The van der Waals surface area contributed by atoms with Crippen LogP contribution in [0.25, 0.3) is 0 Å². The molecule has 1 heterocycles. The molecule has 5 heteroatoms. The van der Waals surface area contributed by atoms with E-state index in [4.69, 9.17) is 10.5 Å². The monoisotopic (exact) mass is 318 g/mol. The highest BCUT2D eigenvalue weighted by Crippen LogP contribution is 2.33. The van der Waals surface area contributed by atoms with Crippen LogP contribution in [0.4, 0.5) is 0 Å². The summed E-state index contributed by atoms with van der Waals surface area (Å²) in [7, 11) is 0. The first-order chi connectivity index (χ1) is 10.8. The van der Waals surface area contributed by atoms with Crippen molar-refractivity contribution in [1.82, 2.24) is 5.32 Å². The van der Waals surface area contributed by atoms with Gasteiger partial charge in [0.1, 0.15) is 0 Å². The molecule has 1 saturated heterocycles. The zero-order valence-corrected chi connectivity index (χ0v) is 14.1. The van der Waals surface area contributed by atoms with Crippen LogP contribution in [-0.2, 0) is 4.74 Å². The van der Waals surface area contributed by atoms with Gasteiger partial charge in [0, 0.05) is 30.2 Å². The number of nitrogens with two attached hydrogens (primary N) is 1. The first-order valence-corrected chi connectivity index (χ1v) is 8.08. The number of primary amides is 1. The normalized spacial score (nSPS) is 21.7. The number of hydrogen-bond acceptors (Lipinski definition) is 3. The lowest BCUT2D eigenvalue weighted by atomic mass is 9.78. The van der Waals surface area contributed by atoms with Crippen molar-refractivity contribution in [3.8, 4) is 0 Å². The molecule has 1 aliphatic rings. The Bertz CT molecular complexity index is 561. The molecule has 5 nitrogen and oxygen atoms in total. The fourth-order valence-corrected chi connectivity index (χ4v) is 3.12. The molecule has 0 spiro atoms. The Morgan fingerprint density at radius 3 is 2.39 bits per heavy atom. The molecule has 1 aliphatic heterocycles. The van der Waals surface area contributed by atoms with E-state index in [0.717, 1.165) is 19.4 Å². The molecule has 0 bridgehead atoms. The van der Waals surface area contributed by atoms with Gasteiger partial charge in [-0.25, -0.2) is 0 Å². The molecule has 1 fully saturated rings. The van der Waals surface area contributed by atoms with Crippen molar-refractivity contribution in [3.63, 3.8) is 0 Å². The van der Waals surface area contributed by atoms with Gasteiger partial charge in [0.2, 0.25) is 5.91 Å². The first-order valence-electron chi connectivity index (χ1n) is 8.08. The summed E-state index contributed by atoms with van der Waals surface area (Å²) in [5, 5.41) is 2.98. The molecule has 2 amide bonds. The Morgan fingerprint density at radius 1 is 1.22 bits per heavy atom. The number of amides is 2. The van der Waals surface area contributed by atoms with E-state index < -0.39 is 5.91 Å². The maximum absolute atomic E-state index is 12.3. The van der Waals surface area contributed by atoms with Gasteiger partial charge in [-0.05, 0) is 42.5 Å². The second-order valence-corrected chi connectivity index (χ2v) is 7.21. The van der Waals surface area contributed by atoms with E-state index in [1.54, 1.807) is 24.3 Å². The maximum Gasteiger partial charge on any atom is 0.251 e. The Morgan fingerprint density at radius 2 is 1.83 bits per heavy atom. The number of rotatable bonds is 4. The van der Waals surface area contributed by atoms with Crippen molar-refractivity contribution in [3.05, 3.63) is 35.4 Å². The molecule has 0 aliphatic carbocycles. The highest BCUT2D eigenvalue weighted by molar-refractivity contribution is 5.97. The summed E-state index contributed by atoms with van der Waals surface area (Å²) in [6, 6.07) is 6.37. The molecule has 0 unspecified atom stereocenters. The van der Waals surface area contributed by atoms with Crippen molar-refractivity contribution >= 4 is 11.8 Å². The Labute approximate surface area is 137 Å². The minimum atomic E-state index is -0.496. The van der Waals surface area contributed by atoms with Gasteiger partial charge in [0.05, 0.1) is 6.10 Å². The highest BCUT2D eigenvalue weighted by Gasteiger charge is 2.35. The minimum absolute atomic E-state index is 0.0545. The molecular weight excluding hydrogens is 292 g/mol. The van der Waals surface area contributed by atoms with Crippen LogP contribution in [0.1, 0.15) is 54.3 Å². The lowest BCUT2D eigenvalue weighted by molar-refractivity contribution is -0.0839. The number of nitrogens with one attached hydrogen (secondary N) is 1. The van der Waals surface area contributed by atoms with Gasteiger partial charge < -0.3 is 15.8 Å². The molecule has 1 aromatic rings. The van der Waals surface area contributed by atoms with Gasteiger partial charge in [0.25, 0.3) is 5.91 Å². The number of carbonyl (C=O) groups is 2. The summed E-state index contributed by atoms with van der Waals surface area (Å²) in [5.74, 6) is -0.318. The number of carbonyl (C=O) groups excluding carboxylic acids is 2. The van der Waals surface area contributed by atoms with Gasteiger partial charge in [0.15, 0.2) is 0 Å². The third-order valence-electron chi connectivity index (χ3n) is 4.25. The smallest absolute Gasteiger partial charge is 0.251 e. The standard InChI is InChI=1S/C18H26N2O3/c1-18(2,3)15-14(5-4-10-23-15)11-20-17(22)13-8-6-12(7-9-13)16(19)21/h6-9,14-15H,4-5,10-11H2,1-3H3,(H2,19,21)(H,20,22)/t14-,15-/m1/s1. The molecule has 0 saturated carbocycles. The quantitative estimate of drug-likeness (QED) is 0.894. The van der Waals surface area contributed by atoms with Gasteiger partial charge in [-0.15, -0.1) is 0 Å². The van der Waals surface area contributed by atoms with E-state index in [1.807, 2.05) is 0 Å². The minimum Gasteiger partial charge on any atom is -0.377 e. The lowest BCUT2D eigenvalue weighted by Gasteiger charge is -2.40. The zero-order chi connectivity index (χ0) is 17.0. The van der Waals surface area contributed by atoms with Gasteiger partial charge in [-0.1, -0.05) is 20.8 Å². The van der Waals surface area contributed by atoms with Crippen molar-refractivity contribution in [2.75, 3.05) is 13.2 Å². The Balaban J connectivity index is 1.96. The van der Waals surface area contributed by atoms with Crippen LogP contribution in [0.3, 0.4) is 0 Å². The third-order valence-corrected chi connectivity index (χ3v) is 4.25. The number of benzene rings is 1. The fraction of sp³-hybridized carbons (Fsp3) is 0.556. The largest absolute Gasteiger partial charge is 0.377 e. The fourth-order valence-electron chi connectivity index (χ4n) is 3.12. The van der Waals surface area contributed by atoms with Crippen LogP contribution >= 0.6 is 0 Å². The molecule has 2 atom stereocenters. The average molecular weight is 318 g/mol. The van der Waals surface area contributed by atoms with Crippen LogP contribution in [0, 0.1) is 11.3 Å². The first kappa shape index (κ1) is 17.5. The van der Waals surface area contributed by atoms with E-state index in [2.05, 4.69) is 26.1 Å². The van der Waals surface area contributed by atoms with Crippen LogP contribution < -0.4 is 11.1 Å². The Kier molecular flexibility index (Phi) is 5.42. The van der Waals surface area contributed by atoms with Crippen LogP contribution in [0.5, 0.6) is 0 Å². The van der Waals surface area contributed by atoms with E-state index in [0.29, 0.717) is 23.6 Å². The van der Waals surface area contributed by atoms with Crippen LogP contribution in [-0.4, -0.2) is 31.1 Å². The molecule has 1 aromatic carbocycles. The number of ether oxygens (including phenoxy) is 1. The van der Waals surface area contributed by atoms with E-state index in [-0.39, 0.29) is 17.4 Å². The highest BCUT2D eigenvalue weighted by atomic mass is 16.5. The van der Waals surface area contributed by atoms with Crippen LogP contribution in [0.15, 0.2) is 24.3 Å². The van der Waals surface area contributed by atoms with Crippen molar-refractivity contribution in [2.45, 2.75) is 39.7 Å². The molecule has 0 aromatic heterocycles. The molecular formula is C18H26N2O3. The van der Waals surface area contributed by atoms with Crippen molar-refractivity contribution < 1.29 is 14.3 Å². The topological polar surface area (TPSA) is 81.4 Å². The summed E-state index contributed by atoms with van der Waals surface area (Å²) in [4.78, 5) is 23.3. The zero-order valence-electron chi connectivity index (χ0n) is 14.1. The summed E-state index contributed by atoms with van der Waals surface area (Å²) in [6.07, 6.45) is 2.23. The van der Waals surface area contributed by atoms with Gasteiger partial charge in [-0.3, -0.25) is 9.59 Å². The second kappa shape index (κ2) is 7.13. The average Bonchev–Trinajstić information content (AvgIpc) is 2.52. The summed E-state index contributed by atoms with van der Waals surface area (Å²) < 4.78 is 5.93. The van der Waals surface area contributed by atoms with E-state index >= 15 is 0 Å². The van der Waals surface area contributed by atoms with Crippen molar-refractivity contribution in [1.29, 1.82) is 0 Å². The van der Waals surface area contributed by atoms with Crippen LogP contribution in [0.2, 0.25) is 0 Å². The Hall–Kier alpha value is -1.88. The van der Waals surface area contributed by atoms with Gasteiger partial charge in [-0.2, -0.15) is 0 Å². The summed E-state index contributed by atoms with van der Waals surface area (Å²) in [5.41, 5.74) is 6.18. The number of hydrogen-bond donors (Lipinski definition) is 2. The SMILES string of the molecule is CC(C)(C)[C@@H]1OCCC[C@@H]1CNC(=O)c1ccc(C(N)=O)cc1. The molecule has 0 radical (unpaired) electrons. The summed E-state index contributed by atoms with van der Waals surface area (Å²) in [6.45, 7) is 7.89.